The van der Waals surface area contributed by atoms with E-state index < -0.39 is 11.8 Å². The third kappa shape index (κ3) is 3.04. The topological polar surface area (TPSA) is 58.6 Å². The van der Waals surface area contributed by atoms with Crippen LogP contribution in [0, 0.1) is 0 Å². The number of amides is 2. The zero-order valence-corrected chi connectivity index (χ0v) is 14.4. The molecule has 0 radical (unpaired) electrons. The second-order valence-corrected chi connectivity index (χ2v) is 5.81. The van der Waals surface area contributed by atoms with Gasteiger partial charge in [-0.15, -0.1) is 6.58 Å². The normalized spacial score (nSPS) is 16.3. The summed E-state index contributed by atoms with van der Waals surface area (Å²) in [7, 11) is 1.55. The smallest absolute Gasteiger partial charge is 0.265 e. The van der Waals surface area contributed by atoms with Gasteiger partial charge in [0, 0.05) is 12.1 Å². The third-order valence-electron chi connectivity index (χ3n) is 3.94. The molecule has 0 unspecified atom stereocenters. The minimum Gasteiger partial charge on any atom is -0.496 e. The minimum absolute atomic E-state index is 0.00473. The van der Waals surface area contributed by atoms with E-state index in [0.29, 0.717) is 11.3 Å². The van der Waals surface area contributed by atoms with Crippen LogP contribution in [0.2, 0.25) is 0 Å². The van der Waals surface area contributed by atoms with Gasteiger partial charge in [0.15, 0.2) is 5.11 Å². The SMILES string of the molecule is C=CCN1C(=O)/C(=C/c2c(OC)ccc3ccccc23)C(=O)NC1=S. The number of nitrogens with zero attached hydrogens (tertiary/aromatic N) is 1. The average molecular weight is 352 g/mol. The van der Waals surface area contributed by atoms with E-state index in [-0.39, 0.29) is 17.2 Å². The molecule has 5 nitrogen and oxygen atoms in total. The summed E-state index contributed by atoms with van der Waals surface area (Å²) in [4.78, 5) is 26.3. The zero-order chi connectivity index (χ0) is 18.0. The highest BCUT2D eigenvalue weighted by Crippen LogP contribution is 2.30. The van der Waals surface area contributed by atoms with Crippen LogP contribution in [0.4, 0.5) is 0 Å². The van der Waals surface area contributed by atoms with Crippen LogP contribution < -0.4 is 10.1 Å². The van der Waals surface area contributed by atoms with Crippen molar-refractivity contribution in [1.29, 1.82) is 0 Å². The van der Waals surface area contributed by atoms with E-state index in [1.807, 2.05) is 36.4 Å². The molecular formula is C19H16N2O3S. The summed E-state index contributed by atoms with van der Waals surface area (Å²) in [5.41, 5.74) is 0.676. The van der Waals surface area contributed by atoms with Crippen molar-refractivity contribution in [2.75, 3.05) is 13.7 Å². The summed E-state index contributed by atoms with van der Waals surface area (Å²) in [6.45, 7) is 3.84. The van der Waals surface area contributed by atoms with E-state index in [9.17, 15) is 9.59 Å². The Hall–Kier alpha value is -2.99. The van der Waals surface area contributed by atoms with Crippen molar-refractivity contribution < 1.29 is 14.3 Å². The number of nitrogens with one attached hydrogen (secondary N) is 1. The summed E-state index contributed by atoms with van der Waals surface area (Å²) in [6, 6.07) is 11.4. The van der Waals surface area contributed by atoms with Crippen LogP contribution in [0.5, 0.6) is 5.75 Å². The molecule has 1 fully saturated rings. The van der Waals surface area contributed by atoms with Crippen LogP contribution in [-0.4, -0.2) is 35.5 Å². The first-order valence-electron chi connectivity index (χ1n) is 7.62. The molecule has 1 aliphatic rings. The number of fused-ring (bicyclic) bond motifs is 1. The van der Waals surface area contributed by atoms with Gasteiger partial charge in [0.1, 0.15) is 11.3 Å². The van der Waals surface area contributed by atoms with Crippen molar-refractivity contribution in [2.24, 2.45) is 0 Å². The minimum atomic E-state index is -0.523. The molecule has 1 N–H and O–H groups in total. The van der Waals surface area contributed by atoms with E-state index in [1.165, 1.54) is 4.90 Å². The van der Waals surface area contributed by atoms with Crippen LogP contribution in [0.15, 0.2) is 54.6 Å². The largest absolute Gasteiger partial charge is 0.496 e. The monoisotopic (exact) mass is 352 g/mol. The van der Waals surface area contributed by atoms with Crippen LogP contribution >= 0.6 is 12.2 Å². The van der Waals surface area contributed by atoms with Gasteiger partial charge >= 0.3 is 0 Å². The first-order valence-corrected chi connectivity index (χ1v) is 8.03. The van der Waals surface area contributed by atoms with Gasteiger partial charge in [-0.25, -0.2) is 0 Å². The van der Waals surface area contributed by atoms with Crippen LogP contribution in [-0.2, 0) is 9.59 Å². The molecule has 0 saturated carbocycles. The molecule has 2 aromatic carbocycles. The second kappa shape index (κ2) is 6.86. The van der Waals surface area contributed by atoms with Gasteiger partial charge in [0.25, 0.3) is 11.8 Å². The highest BCUT2D eigenvalue weighted by Gasteiger charge is 2.33. The Morgan fingerprint density at radius 2 is 2.00 bits per heavy atom. The van der Waals surface area contributed by atoms with Gasteiger partial charge in [-0.1, -0.05) is 36.4 Å². The fraction of sp³-hybridized carbons (Fsp3) is 0.105. The molecule has 2 amide bonds. The van der Waals surface area contributed by atoms with Crippen LogP contribution in [0.3, 0.4) is 0 Å². The molecule has 1 saturated heterocycles. The lowest BCUT2D eigenvalue weighted by atomic mass is 10.00. The summed E-state index contributed by atoms with van der Waals surface area (Å²) in [6.07, 6.45) is 3.11. The summed E-state index contributed by atoms with van der Waals surface area (Å²) in [5.74, 6) is -0.399. The Morgan fingerprint density at radius 3 is 2.72 bits per heavy atom. The highest BCUT2D eigenvalue weighted by atomic mass is 32.1. The van der Waals surface area contributed by atoms with Gasteiger partial charge in [-0.05, 0) is 35.1 Å². The molecule has 126 valence electrons. The van der Waals surface area contributed by atoms with Crippen molar-refractivity contribution in [1.82, 2.24) is 10.2 Å². The van der Waals surface area contributed by atoms with Gasteiger partial charge in [-0.3, -0.25) is 19.8 Å². The average Bonchev–Trinajstić information content (AvgIpc) is 2.62. The fourth-order valence-corrected chi connectivity index (χ4v) is 2.99. The summed E-state index contributed by atoms with van der Waals surface area (Å²) >= 11 is 5.06. The number of ether oxygens (including phenoxy) is 1. The molecule has 3 rings (SSSR count). The Labute approximate surface area is 150 Å². The standard InChI is InChI=1S/C19H16N2O3S/c1-3-10-21-18(23)15(17(22)20-19(21)25)11-14-13-7-5-4-6-12(13)8-9-16(14)24-2/h3-9,11H,1,10H2,2H3,(H,20,22,25)/b15-11+. The van der Waals surface area contributed by atoms with Crippen molar-refractivity contribution in [3.63, 3.8) is 0 Å². The number of rotatable bonds is 4. The Bertz CT molecular complexity index is 933. The van der Waals surface area contributed by atoms with Crippen LogP contribution in [0.25, 0.3) is 16.8 Å². The molecule has 0 atom stereocenters. The van der Waals surface area contributed by atoms with Crippen molar-refractivity contribution in [3.8, 4) is 5.75 Å². The Morgan fingerprint density at radius 1 is 1.24 bits per heavy atom. The number of carbonyl (C=O) groups is 2. The molecule has 6 heteroatoms. The molecule has 1 aliphatic heterocycles. The Kier molecular flexibility index (Phi) is 4.63. The first-order chi connectivity index (χ1) is 12.1. The van der Waals surface area contributed by atoms with Gasteiger partial charge in [-0.2, -0.15) is 0 Å². The lowest BCUT2D eigenvalue weighted by molar-refractivity contribution is -0.128. The number of benzene rings is 2. The number of carbonyl (C=O) groups excluding carboxylic acids is 2. The number of methoxy groups -OCH3 is 1. The number of hydrogen-bond donors (Lipinski definition) is 1. The maximum Gasteiger partial charge on any atom is 0.265 e. The third-order valence-corrected chi connectivity index (χ3v) is 4.26. The molecular weight excluding hydrogens is 336 g/mol. The molecule has 1 heterocycles. The fourth-order valence-electron chi connectivity index (χ4n) is 2.74. The summed E-state index contributed by atoms with van der Waals surface area (Å²) < 4.78 is 5.42. The first kappa shape index (κ1) is 16.9. The second-order valence-electron chi connectivity index (χ2n) is 5.42. The lowest BCUT2D eigenvalue weighted by Crippen LogP contribution is -2.53. The molecule has 0 aromatic heterocycles. The van der Waals surface area contributed by atoms with Gasteiger partial charge in [0.2, 0.25) is 0 Å². The zero-order valence-electron chi connectivity index (χ0n) is 13.6. The Balaban J connectivity index is 2.17. The van der Waals surface area contributed by atoms with E-state index in [4.69, 9.17) is 17.0 Å². The van der Waals surface area contributed by atoms with Gasteiger partial charge in [0.05, 0.1) is 7.11 Å². The van der Waals surface area contributed by atoms with E-state index >= 15 is 0 Å². The molecule has 0 spiro atoms. The van der Waals surface area contributed by atoms with Gasteiger partial charge < -0.3 is 4.74 Å². The van der Waals surface area contributed by atoms with Crippen LogP contribution in [0.1, 0.15) is 5.56 Å². The van der Waals surface area contributed by atoms with Crippen molar-refractivity contribution >= 4 is 46.0 Å². The quantitative estimate of drug-likeness (QED) is 0.398. The van der Waals surface area contributed by atoms with E-state index in [0.717, 1.165) is 10.8 Å². The predicted molar refractivity (Wildman–Crippen MR) is 101 cm³/mol. The summed E-state index contributed by atoms with van der Waals surface area (Å²) in [5, 5.41) is 4.49. The predicted octanol–water partition coefficient (Wildman–Crippen LogP) is 2.66. The molecule has 25 heavy (non-hydrogen) atoms. The van der Waals surface area contributed by atoms with E-state index in [2.05, 4.69) is 11.9 Å². The van der Waals surface area contributed by atoms with Crippen molar-refractivity contribution in [2.45, 2.75) is 0 Å². The highest BCUT2D eigenvalue weighted by molar-refractivity contribution is 7.80. The van der Waals surface area contributed by atoms with Crippen molar-refractivity contribution in [3.05, 3.63) is 60.2 Å². The lowest BCUT2D eigenvalue weighted by Gasteiger charge is -2.28. The number of thiocarbonyl (C=S) groups is 1. The maximum absolute atomic E-state index is 12.7. The molecule has 0 bridgehead atoms. The molecule has 2 aromatic rings. The number of hydrogen-bond acceptors (Lipinski definition) is 4. The molecule has 0 aliphatic carbocycles. The maximum atomic E-state index is 12.7. The van der Waals surface area contributed by atoms with E-state index in [1.54, 1.807) is 19.3 Å².